The molecule has 0 aliphatic carbocycles. The summed E-state index contributed by atoms with van der Waals surface area (Å²) >= 11 is 6.46. The zero-order chi connectivity index (χ0) is 20.7. The molecule has 0 N–H and O–H groups in total. The molecule has 1 aliphatic heterocycles. The number of nitrogens with zero attached hydrogens (tertiary/aromatic N) is 7. The zero-order valence-electron chi connectivity index (χ0n) is 16.4. The van der Waals surface area contributed by atoms with E-state index in [1.54, 1.807) is 12.4 Å². The van der Waals surface area contributed by atoms with Crippen molar-refractivity contribution in [2.75, 3.05) is 36.0 Å². The van der Waals surface area contributed by atoms with Crippen LogP contribution in [0.3, 0.4) is 0 Å². The standard InChI is InChI=1S/C21H20ClN7O/c1-15-13-17-20(23-7-8-28(17)25-15)27-11-9-26(10-12-27)18-14-24-29(21(30)19(18)22)16-5-3-2-4-6-16/h2-8,13-14H,9-12H2,1H3. The summed E-state index contributed by atoms with van der Waals surface area (Å²) in [5.74, 6) is 0.918. The summed E-state index contributed by atoms with van der Waals surface area (Å²) in [6.45, 7) is 4.92. The maximum absolute atomic E-state index is 12.8. The molecule has 30 heavy (non-hydrogen) atoms. The summed E-state index contributed by atoms with van der Waals surface area (Å²) in [6.07, 6.45) is 5.30. The topological polar surface area (TPSA) is 71.6 Å². The first-order valence-electron chi connectivity index (χ1n) is 9.76. The Bertz CT molecular complexity index is 1260. The molecule has 0 radical (unpaired) electrons. The van der Waals surface area contributed by atoms with E-state index in [1.807, 2.05) is 54.0 Å². The van der Waals surface area contributed by atoms with Crippen LogP contribution in [0.4, 0.5) is 11.5 Å². The second-order valence-corrected chi connectivity index (χ2v) is 7.61. The van der Waals surface area contributed by atoms with Crippen molar-refractivity contribution in [1.29, 1.82) is 0 Å². The minimum Gasteiger partial charge on any atom is -0.365 e. The number of para-hydroxylation sites is 1. The summed E-state index contributed by atoms with van der Waals surface area (Å²) in [7, 11) is 0. The first-order chi connectivity index (χ1) is 14.6. The van der Waals surface area contributed by atoms with Gasteiger partial charge < -0.3 is 9.80 Å². The summed E-state index contributed by atoms with van der Waals surface area (Å²) < 4.78 is 3.18. The summed E-state index contributed by atoms with van der Waals surface area (Å²) in [5, 5.41) is 9.00. The van der Waals surface area contributed by atoms with Gasteiger partial charge in [0.05, 0.1) is 23.3 Å². The van der Waals surface area contributed by atoms with Crippen molar-refractivity contribution in [3.63, 3.8) is 0 Å². The molecule has 1 saturated heterocycles. The highest BCUT2D eigenvalue weighted by atomic mass is 35.5. The quantitative estimate of drug-likeness (QED) is 0.506. The summed E-state index contributed by atoms with van der Waals surface area (Å²) in [4.78, 5) is 21.7. The molecule has 0 unspecified atom stereocenters. The largest absolute Gasteiger partial charge is 0.365 e. The Balaban J connectivity index is 1.38. The highest BCUT2D eigenvalue weighted by molar-refractivity contribution is 6.33. The molecular formula is C21H20ClN7O. The Morgan fingerprint density at radius 1 is 1.03 bits per heavy atom. The van der Waals surface area contributed by atoms with Gasteiger partial charge in [-0.25, -0.2) is 9.50 Å². The minimum atomic E-state index is -0.316. The van der Waals surface area contributed by atoms with E-state index in [1.165, 1.54) is 4.68 Å². The lowest BCUT2D eigenvalue weighted by atomic mass is 10.2. The monoisotopic (exact) mass is 421 g/mol. The number of anilines is 2. The van der Waals surface area contributed by atoms with Gasteiger partial charge in [-0.2, -0.15) is 14.9 Å². The van der Waals surface area contributed by atoms with E-state index in [9.17, 15) is 4.79 Å². The van der Waals surface area contributed by atoms with Crippen LogP contribution in [0, 0.1) is 6.92 Å². The SMILES string of the molecule is Cc1cc2c(N3CCN(c4cnn(-c5ccccc5)c(=O)c4Cl)CC3)nccn2n1. The average molecular weight is 422 g/mol. The molecule has 152 valence electrons. The van der Waals surface area contributed by atoms with Crippen LogP contribution >= 0.6 is 11.6 Å². The first kappa shape index (κ1) is 18.6. The van der Waals surface area contributed by atoms with Gasteiger partial charge in [-0.3, -0.25) is 4.79 Å². The van der Waals surface area contributed by atoms with Crippen LogP contribution in [0.1, 0.15) is 5.69 Å². The lowest BCUT2D eigenvalue weighted by Gasteiger charge is -2.36. The van der Waals surface area contributed by atoms with Crippen molar-refractivity contribution in [2.24, 2.45) is 0 Å². The molecule has 0 saturated carbocycles. The number of aromatic nitrogens is 5. The molecule has 1 fully saturated rings. The fraction of sp³-hybridized carbons (Fsp3) is 0.238. The lowest BCUT2D eigenvalue weighted by Crippen LogP contribution is -2.47. The van der Waals surface area contributed by atoms with Crippen LogP contribution < -0.4 is 15.4 Å². The van der Waals surface area contributed by atoms with Gasteiger partial charge >= 0.3 is 0 Å². The summed E-state index contributed by atoms with van der Waals surface area (Å²) in [6, 6.07) is 11.3. The van der Waals surface area contributed by atoms with E-state index in [0.29, 0.717) is 24.5 Å². The predicted octanol–water partition coefficient (Wildman–Crippen LogP) is 2.56. The predicted molar refractivity (Wildman–Crippen MR) is 117 cm³/mol. The van der Waals surface area contributed by atoms with Crippen molar-refractivity contribution in [3.8, 4) is 5.69 Å². The zero-order valence-corrected chi connectivity index (χ0v) is 17.2. The number of hydrogen-bond donors (Lipinski definition) is 0. The second-order valence-electron chi connectivity index (χ2n) is 7.24. The Morgan fingerprint density at radius 2 is 1.77 bits per heavy atom. The van der Waals surface area contributed by atoms with E-state index in [-0.39, 0.29) is 10.6 Å². The van der Waals surface area contributed by atoms with Gasteiger partial charge in [0.25, 0.3) is 5.56 Å². The molecule has 0 atom stereocenters. The number of rotatable bonds is 3. The van der Waals surface area contributed by atoms with Gasteiger partial charge in [-0.05, 0) is 25.1 Å². The third-order valence-corrected chi connectivity index (χ3v) is 5.67. The molecule has 4 heterocycles. The van der Waals surface area contributed by atoms with Gasteiger partial charge in [0.1, 0.15) is 10.5 Å². The van der Waals surface area contributed by atoms with E-state index in [4.69, 9.17) is 11.6 Å². The third-order valence-electron chi connectivity index (χ3n) is 5.31. The van der Waals surface area contributed by atoms with Gasteiger partial charge in [0.2, 0.25) is 0 Å². The van der Waals surface area contributed by atoms with E-state index in [0.717, 1.165) is 30.1 Å². The molecule has 1 aromatic carbocycles. The number of benzene rings is 1. The molecule has 3 aromatic heterocycles. The third kappa shape index (κ3) is 3.19. The maximum Gasteiger partial charge on any atom is 0.292 e. The Kier molecular flexibility index (Phi) is 4.63. The van der Waals surface area contributed by atoms with Crippen LogP contribution in [0.5, 0.6) is 0 Å². The Morgan fingerprint density at radius 3 is 2.53 bits per heavy atom. The van der Waals surface area contributed by atoms with Crippen LogP contribution in [0.15, 0.2) is 59.8 Å². The van der Waals surface area contributed by atoms with Crippen molar-refractivity contribution < 1.29 is 0 Å². The molecule has 8 nitrogen and oxygen atoms in total. The van der Waals surface area contributed by atoms with E-state index < -0.39 is 0 Å². The molecule has 9 heteroatoms. The molecule has 1 aliphatic rings. The van der Waals surface area contributed by atoms with E-state index >= 15 is 0 Å². The van der Waals surface area contributed by atoms with Crippen LogP contribution in [0.2, 0.25) is 5.02 Å². The number of halogens is 1. The second kappa shape index (κ2) is 7.46. The number of piperazine rings is 1. The van der Waals surface area contributed by atoms with Crippen molar-refractivity contribution in [2.45, 2.75) is 6.92 Å². The lowest BCUT2D eigenvalue weighted by molar-refractivity contribution is 0.643. The van der Waals surface area contributed by atoms with E-state index in [2.05, 4.69) is 25.0 Å². The maximum atomic E-state index is 12.8. The average Bonchev–Trinajstić information content (AvgIpc) is 3.17. The van der Waals surface area contributed by atoms with Gasteiger partial charge in [-0.15, -0.1) is 0 Å². The highest BCUT2D eigenvalue weighted by Crippen LogP contribution is 2.26. The smallest absolute Gasteiger partial charge is 0.292 e. The fourth-order valence-corrected chi connectivity index (χ4v) is 4.08. The Hall–Kier alpha value is -3.39. The fourth-order valence-electron chi connectivity index (χ4n) is 3.83. The summed E-state index contributed by atoms with van der Waals surface area (Å²) in [5.41, 5.74) is 2.99. The number of aryl methyl sites for hydroxylation is 1. The highest BCUT2D eigenvalue weighted by Gasteiger charge is 2.23. The van der Waals surface area contributed by atoms with Crippen LogP contribution in [0.25, 0.3) is 11.2 Å². The van der Waals surface area contributed by atoms with Gasteiger partial charge in [0, 0.05) is 38.6 Å². The van der Waals surface area contributed by atoms with Crippen molar-refractivity contribution >= 4 is 28.6 Å². The van der Waals surface area contributed by atoms with Gasteiger partial charge in [0.15, 0.2) is 5.82 Å². The molecule has 4 aromatic rings. The molecule has 0 bridgehead atoms. The molecular weight excluding hydrogens is 402 g/mol. The number of fused-ring (bicyclic) bond motifs is 1. The minimum absolute atomic E-state index is 0.189. The molecule has 0 amide bonds. The Labute approximate surface area is 177 Å². The van der Waals surface area contributed by atoms with Crippen molar-refractivity contribution in [3.05, 3.63) is 76.1 Å². The normalized spacial score (nSPS) is 14.5. The molecule has 5 rings (SSSR count). The van der Waals surface area contributed by atoms with Crippen LogP contribution in [-0.4, -0.2) is 50.6 Å². The van der Waals surface area contributed by atoms with Crippen molar-refractivity contribution in [1.82, 2.24) is 24.4 Å². The van der Waals surface area contributed by atoms with Gasteiger partial charge in [-0.1, -0.05) is 29.8 Å². The first-order valence-corrected chi connectivity index (χ1v) is 10.1. The number of hydrogen-bond acceptors (Lipinski definition) is 6. The van der Waals surface area contributed by atoms with Crippen LogP contribution in [-0.2, 0) is 0 Å². The molecule has 0 spiro atoms.